The molecule has 208 valence electrons. The summed E-state index contributed by atoms with van der Waals surface area (Å²) in [6, 6.07) is 19.0. The van der Waals surface area contributed by atoms with Crippen molar-refractivity contribution in [1.29, 1.82) is 0 Å². The lowest BCUT2D eigenvalue weighted by atomic mass is 10.0. The second kappa shape index (κ2) is 10.3. The van der Waals surface area contributed by atoms with E-state index in [4.69, 9.17) is 10.5 Å². The Morgan fingerprint density at radius 1 is 0.878 bits per heavy atom. The molecule has 4 heterocycles. The van der Waals surface area contributed by atoms with E-state index in [1.165, 1.54) is 5.01 Å². The molecule has 41 heavy (non-hydrogen) atoms. The van der Waals surface area contributed by atoms with Crippen molar-refractivity contribution in [3.05, 3.63) is 78.0 Å². The van der Waals surface area contributed by atoms with Gasteiger partial charge in [-0.1, -0.05) is 30.3 Å². The smallest absolute Gasteiger partial charge is 0.334 e. The second-order valence-electron chi connectivity index (χ2n) is 10.3. The molecule has 0 saturated carbocycles. The van der Waals surface area contributed by atoms with Crippen LogP contribution in [-0.4, -0.2) is 84.5 Å². The third-order valence-corrected chi connectivity index (χ3v) is 8.00. The molecule has 7 rings (SSSR count). The summed E-state index contributed by atoms with van der Waals surface area (Å²) >= 11 is 0. The van der Waals surface area contributed by atoms with Crippen molar-refractivity contribution in [3.63, 3.8) is 0 Å². The number of benzene rings is 2. The lowest BCUT2D eigenvalue weighted by Gasteiger charge is -2.36. The zero-order valence-electron chi connectivity index (χ0n) is 22.5. The number of hydrogen-bond donors (Lipinski definition) is 2. The van der Waals surface area contributed by atoms with Crippen LogP contribution < -0.4 is 20.5 Å². The maximum absolute atomic E-state index is 13.9. The highest BCUT2D eigenvalue weighted by molar-refractivity contribution is 6.27. The van der Waals surface area contributed by atoms with E-state index in [9.17, 15) is 9.59 Å². The first kappa shape index (κ1) is 25.2. The number of urea groups is 1. The molecule has 0 spiro atoms. The highest BCUT2D eigenvalue weighted by atomic mass is 16.5. The molecule has 0 unspecified atom stereocenters. The highest BCUT2D eigenvalue weighted by Crippen LogP contribution is 2.44. The van der Waals surface area contributed by atoms with Crippen LogP contribution in [-0.2, 0) is 4.74 Å². The number of nitrogens with zero attached hydrogens (tertiary/aromatic N) is 6. The van der Waals surface area contributed by atoms with E-state index < -0.39 is 6.03 Å². The summed E-state index contributed by atoms with van der Waals surface area (Å²) in [4.78, 5) is 35.6. The number of amides is 2. The van der Waals surface area contributed by atoms with Crippen LogP contribution in [0, 0.1) is 0 Å². The number of piperazine rings is 1. The minimum absolute atomic E-state index is 0.177. The molecule has 0 radical (unpaired) electrons. The van der Waals surface area contributed by atoms with Crippen molar-refractivity contribution in [2.24, 2.45) is 5.73 Å². The monoisotopic (exact) mass is 550 g/mol. The van der Waals surface area contributed by atoms with Gasteiger partial charge in [0.2, 0.25) is 0 Å². The standard InChI is InChI=1S/C30H30N8O3/c31-30(40)38(37-16-18-41-19-17-37)23-5-3-4-22-25(23)29(39)26-27(33-34-28(22)26)20-7-9-21(10-8-20)35-12-14-36(15-13-35)24-6-1-2-11-32-24/h1-11H,12-19H2,(H2,31,40)(H,33,34). The van der Waals surface area contributed by atoms with E-state index >= 15 is 0 Å². The van der Waals surface area contributed by atoms with Crippen molar-refractivity contribution in [3.8, 4) is 22.5 Å². The molecule has 2 fully saturated rings. The molecular weight excluding hydrogens is 520 g/mol. The minimum Gasteiger partial charge on any atom is -0.379 e. The van der Waals surface area contributed by atoms with Crippen molar-refractivity contribution in [1.82, 2.24) is 20.2 Å². The summed E-state index contributed by atoms with van der Waals surface area (Å²) in [6.07, 6.45) is 1.83. The zero-order chi connectivity index (χ0) is 27.9. The summed E-state index contributed by atoms with van der Waals surface area (Å²) in [5.41, 5.74) is 11.2. The first-order valence-corrected chi connectivity index (χ1v) is 13.8. The average Bonchev–Trinajstić information content (AvgIpc) is 3.58. The number of nitrogens with one attached hydrogen (secondary N) is 1. The van der Waals surface area contributed by atoms with Crippen LogP contribution in [0.15, 0.2) is 66.9 Å². The molecule has 3 N–H and O–H groups in total. The molecule has 3 aliphatic rings. The number of ketones is 1. The second-order valence-corrected chi connectivity index (χ2v) is 10.3. The van der Waals surface area contributed by atoms with E-state index in [0.717, 1.165) is 43.2 Å². The Bertz CT molecular complexity index is 1590. The largest absolute Gasteiger partial charge is 0.379 e. The van der Waals surface area contributed by atoms with Gasteiger partial charge in [-0.05, 0) is 30.3 Å². The molecular formula is C30H30N8O3. The highest BCUT2D eigenvalue weighted by Gasteiger charge is 2.38. The number of aromatic nitrogens is 3. The Morgan fingerprint density at radius 2 is 1.63 bits per heavy atom. The number of fused-ring (bicyclic) bond motifs is 3. The van der Waals surface area contributed by atoms with Crippen LogP contribution in [0.25, 0.3) is 22.5 Å². The van der Waals surface area contributed by atoms with Gasteiger partial charge in [-0.15, -0.1) is 0 Å². The summed E-state index contributed by atoms with van der Waals surface area (Å²) in [5.74, 6) is 0.830. The summed E-state index contributed by atoms with van der Waals surface area (Å²) in [5, 5.41) is 10.9. The Kier molecular flexibility index (Phi) is 6.37. The van der Waals surface area contributed by atoms with Crippen molar-refractivity contribution in [2.45, 2.75) is 0 Å². The molecule has 2 aromatic carbocycles. The summed E-state index contributed by atoms with van der Waals surface area (Å²) in [6.45, 7) is 5.55. The van der Waals surface area contributed by atoms with Crippen LogP contribution in [0.2, 0.25) is 0 Å². The number of aromatic amines is 1. The fraction of sp³-hybridized carbons (Fsp3) is 0.267. The maximum atomic E-state index is 13.9. The fourth-order valence-corrected chi connectivity index (χ4v) is 5.98. The van der Waals surface area contributed by atoms with Crippen LogP contribution in [0.1, 0.15) is 15.9 Å². The van der Waals surface area contributed by atoms with Crippen LogP contribution >= 0.6 is 0 Å². The quantitative estimate of drug-likeness (QED) is 0.342. The number of hydrogen-bond acceptors (Lipinski definition) is 8. The van der Waals surface area contributed by atoms with Gasteiger partial charge >= 0.3 is 6.03 Å². The number of pyridine rings is 1. The topological polar surface area (TPSA) is 124 Å². The number of carbonyl (C=O) groups excluding carboxylic acids is 2. The Hall–Kier alpha value is -4.74. The number of primary amides is 1. The lowest BCUT2D eigenvalue weighted by Crippen LogP contribution is -2.54. The van der Waals surface area contributed by atoms with Gasteiger partial charge in [0.05, 0.1) is 35.7 Å². The first-order chi connectivity index (χ1) is 20.1. The number of morpholine rings is 1. The van der Waals surface area contributed by atoms with E-state index in [-0.39, 0.29) is 5.78 Å². The normalized spacial score (nSPS) is 16.9. The van der Waals surface area contributed by atoms with Crippen molar-refractivity contribution in [2.75, 3.05) is 67.3 Å². The molecule has 11 heteroatoms. The predicted octanol–water partition coefficient (Wildman–Crippen LogP) is 3.14. The third-order valence-electron chi connectivity index (χ3n) is 8.00. The van der Waals surface area contributed by atoms with Gasteiger partial charge in [0.25, 0.3) is 0 Å². The SMILES string of the molecule is NC(=O)N(c1cccc2c1C(=O)c1c(-c3ccc(N4CCN(c5ccccn5)CC4)cc3)n[nH]c1-2)N1CCOCC1. The predicted molar refractivity (Wildman–Crippen MR) is 156 cm³/mol. The van der Waals surface area contributed by atoms with Crippen molar-refractivity contribution < 1.29 is 14.3 Å². The van der Waals surface area contributed by atoms with Gasteiger partial charge in [-0.25, -0.2) is 19.8 Å². The summed E-state index contributed by atoms with van der Waals surface area (Å²) < 4.78 is 5.44. The molecule has 4 aromatic rings. The Morgan fingerprint density at radius 3 is 2.34 bits per heavy atom. The number of ether oxygens (including phenoxy) is 1. The first-order valence-electron chi connectivity index (χ1n) is 13.8. The molecule has 11 nitrogen and oxygen atoms in total. The number of rotatable bonds is 5. The number of H-pyrrole nitrogens is 1. The van der Waals surface area contributed by atoms with Gasteiger partial charge in [0.15, 0.2) is 5.78 Å². The molecule has 1 aliphatic carbocycles. The summed E-state index contributed by atoms with van der Waals surface area (Å²) in [7, 11) is 0. The molecule has 0 bridgehead atoms. The molecule has 2 aromatic heterocycles. The van der Waals surface area contributed by atoms with Crippen LogP contribution in [0.4, 0.5) is 22.0 Å². The third kappa shape index (κ3) is 4.39. The number of hydrazine groups is 1. The minimum atomic E-state index is -0.640. The van der Waals surface area contributed by atoms with Gasteiger partial charge in [-0.3, -0.25) is 9.89 Å². The van der Waals surface area contributed by atoms with Gasteiger partial charge in [0.1, 0.15) is 11.5 Å². The molecule has 2 amide bonds. The maximum Gasteiger partial charge on any atom is 0.334 e. The van der Waals surface area contributed by atoms with Crippen LogP contribution in [0.5, 0.6) is 0 Å². The van der Waals surface area contributed by atoms with Gasteiger partial charge in [0, 0.05) is 62.3 Å². The number of carbonyl (C=O) groups is 2. The van der Waals surface area contributed by atoms with Crippen LogP contribution in [0.3, 0.4) is 0 Å². The Balaban J connectivity index is 1.13. The van der Waals surface area contributed by atoms with Gasteiger partial charge in [-0.2, -0.15) is 5.10 Å². The lowest BCUT2D eigenvalue weighted by molar-refractivity contribution is 0.0364. The Labute approximate surface area is 237 Å². The molecule has 0 atom stereocenters. The van der Waals surface area contributed by atoms with E-state index in [1.54, 1.807) is 6.07 Å². The zero-order valence-corrected chi connectivity index (χ0v) is 22.5. The van der Waals surface area contributed by atoms with E-state index in [1.807, 2.05) is 53.7 Å². The average molecular weight is 551 g/mol. The van der Waals surface area contributed by atoms with E-state index in [0.29, 0.717) is 60.1 Å². The number of nitrogens with two attached hydrogens (primary N) is 1. The van der Waals surface area contributed by atoms with Crippen molar-refractivity contribution >= 4 is 29.0 Å². The van der Waals surface area contributed by atoms with Gasteiger partial charge < -0.3 is 20.3 Å². The fourth-order valence-electron chi connectivity index (χ4n) is 5.98. The van der Waals surface area contributed by atoms with E-state index in [2.05, 4.69) is 37.1 Å². The molecule has 2 aliphatic heterocycles. The molecule has 2 saturated heterocycles. The number of anilines is 3.